The van der Waals surface area contributed by atoms with E-state index in [1.54, 1.807) is 13.0 Å². The monoisotopic (exact) mass is 214 g/mol. The lowest BCUT2D eigenvalue weighted by Crippen LogP contribution is -2.07. The maximum absolute atomic E-state index is 11.1. The van der Waals surface area contributed by atoms with Gasteiger partial charge >= 0.3 is 5.97 Å². The number of ether oxygens (including phenoxy) is 1. The standard InChI is InChI=1S/C10H11ClO3/c1-2-14-10(13)6-7-5-8(12)3-4-9(7)11/h3-5,12H,2,6H2,1H3. The molecule has 0 saturated heterocycles. The summed E-state index contributed by atoms with van der Waals surface area (Å²) in [5.41, 5.74) is 0.574. The number of carbonyl (C=O) groups excluding carboxylic acids is 1. The molecule has 0 bridgehead atoms. The van der Waals surface area contributed by atoms with Crippen molar-refractivity contribution in [1.29, 1.82) is 0 Å². The molecule has 0 saturated carbocycles. The van der Waals surface area contributed by atoms with Crippen LogP contribution in [0.2, 0.25) is 5.02 Å². The zero-order valence-corrected chi connectivity index (χ0v) is 8.54. The summed E-state index contributed by atoms with van der Waals surface area (Å²) in [4.78, 5) is 11.1. The zero-order chi connectivity index (χ0) is 10.6. The lowest BCUT2D eigenvalue weighted by Gasteiger charge is -2.04. The number of phenols is 1. The smallest absolute Gasteiger partial charge is 0.310 e. The summed E-state index contributed by atoms with van der Waals surface area (Å²) in [7, 11) is 0. The third-order valence-corrected chi connectivity index (χ3v) is 2.04. The first kappa shape index (κ1) is 10.9. The minimum atomic E-state index is -0.347. The fourth-order valence-electron chi connectivity index (χ4n) is 1.06. The molecule has 0 aromatic heterocycles. The average Bonchev–Trinajstić information content (AvgIpc) is 2.12. The van der Waals surface area contributed by atoms with Crippen LogP contribution in [0.25, 0.3) is 0 Å². The molecule has 1 aromatic rings. The molecule has 0 unspecified atom stereocenters. The van der Waals surface area contributed by atoms with Crippen molar-refractivity contribution in [3.8, 4) is 5.75 Å². The van der Waals surface area contributed by atoms with Crippen molar-refractivity contribution in [3.05, 3.63) is 28.8 Å². The first-order valence-corrected chi connectivity index (χ1v) is 4.64. The first-order valence-electron chi connectivity index (χ1n) is 4.26. The Hall–Kier alpha value is -1.22. The minimum absolute atomic E-state index is 0.0844. The molecule has 1 aromatic carbocycles. The first-order chi connectivity index (χ1) is 6.63. The highest BCUT2D eigenvalue weighted by molar-refractivity contribution is 6.31. The maximum atomic E-state index is 11.1. The summed E-state index contributed by atoms with van der Waals surface area (Å²) in [5, 5.41) is 9.62. The number of carbonyl (C=O) groups is 1. The van der Waals surface area contributed by atoms with Crippen molar-refractivity contribution in [3.63, 3.8) is 0 Å². The second-order valence-electron chi connectivity index (χ2n) is 2.76. The van der Waals surface area contributed by atoms with Crippen LogP contribution in [-0.2, 0) is 16.0 Å². The van der Waals surface area contributed by atoms with Gasteiger partial charge in [0.25, 0.3) is 0 Å². The molecular formula is C10H11ClO3. The van der Waals surface area contributed by atoms with Gasteiger partial charge < -0.3 is 9.84 Å². The molecule has 0 fully saturated rings. The van der Waals surface area contributed by atoms with Gasteiger partial charge in [0.05, 0.1) is 13.0 Å². The number of esters is 1. The largest absolute Gasteiger partial charge is 0.508 e. The van der Waals surface area contributed by atoms with E-state index >= 15 is 0 Å². The van der Waals surface area contributed by atoms with Crippen molar-refractivity contribution in [2.24, 2.45) is 0 Å². The van der Waals surface area contributed by atoms with Crippen LogP contribution in [0.4, 0.5) is 0 Å². The van der Waals surface area contributed by atoms with E-state index in [0.29, 0.717) is 17.2 Å². The number of phenolic OH excluding ortho intramolecular Hbond substituents is 1. The van der Waals surface area contributed by atoms with Gasteiger partial charge in [-0.2, -0.15) is 0 Å². The Kier molecular flexibility index (Phi) is 3.77. The number of benzene rings is 1. The van der Waals surface area contributed by atoms with Gasteiger partial charge in [0.2, 0.25) is 0 Å². The maximum Gasteiger partial charge on any atom is 0.310 e. The van der Waals surface area contributed by atoms with Crippen molar-refractivity contribution in [2.45, 2.75) is 13.3 Å². The number of halogens is 1. The Morgan fingerprint density at radius 1 is 1.57 bits per heavy atom. The van der Waals surface area contributed by atoms with Crippen molar-refractivity contribution >= 4 is 17.6 Å². The van der Waals surface area contributed by atoms with E-state index in [-0.39, 0.29) is 18.1 Å². The quantitative estimate of drug-likeness (QED) is 0.785. The fraction of sp³-hybridized carbons (Fsp3) is 0.300. The summed E-state index contributed by atoms with van der Waals surface area (Å²) in [6.07, 6.45) is 0.0844. The van der Waals surface area contributed by atoms with E-state index in [4.69, 9.17) is 21.4 Å². The third-order valence-electron chi connectivity index (χ3n) is 1.67. The van der Waals surface area contributed by atoms with Gasteiger partial charge in [-0.1, -0.05) is 11.6 Å². The van der Waals surface area contributed by atoms with Gasteiger partial charge in [-0.3, -0.25) is 4.79 Å². The van der Waals surface area contributed by atoms with E-state index < -0.39 is 0 Å². The number of hydrogen-bond donors (Lipinski definition) is 1. The number of aromatic hydroxyl groups is 1. The molecule has 0 atom stereocenters. The van der Waals surface area contributed by atoms with Crippen molar-refractivity contribution in [2.75, 3.05) is 6.61 Å². The summed E-state index contributed by atoms with van der Waals surface area (Å²) < 4.78 is 4.76. The Morgan fingerprint density at radius 2 is 2.29 bits per heavy atom. The molecular weight excluding hydrogens is 204 g/mol. The molecule has 1 rings (SSSR count). The van der Waals surface area contributed by atoms with E-state index in [1.165, 1.54) is 12.1 Å². The van der Waals surface area contributed by atoms with Gasteiger partial charge in [0, 0.05) is 5.02 Å². The molecule has 3 nitrogen and oxygen atoms in total. The van der Waals surface area contributed by atoms with Crippen molar-refractivity contribution in [1.82, 2.24) is 0 Å². The molecule has 0 aliphatic carbocycles. The minimum Gasteiger partial charge on any atom is -0.508 e. The zero-order valence-electron chi connectivity index (χ0n) is 7.79. The highest BCUT2D eigenvalue weighted by Gasteiger charge is 2.08. The van der Waals surface area contributed by atoms with Gasteiger partial charge in [-0.05, 0) is 30.7 Å². The van der Waals surface area contributed by atoms with E-state index in [2.05, 4.69) is 0 Å². The topological polar surface area (TPSA) is 46.5 Å². The van der Waals surface area contributed by atoms with Crippen LogP contribution in [0.5, 0.6) is 5.75 Å². The molecule has 0 heterocycles. The SMILES string of the molecule is CCOC(=O)Cc1cc(O)ccc1Cl. The molecule has 4 heteroatoms. The van der Waals surface area contributed by atoms with Crippen LogP contribution in [0.1, 0.15) is 12.5 Å². The fourth-order valence-corrected chi connectivity index (χ4v) is 1.25. The molecule has 0 radical (unpaired) electrons. The molecule has 0 aliphatic heterocycles. The van der Waals surface area contributed by atoms with Crippen LogP contribution >= 0.6 is 11.6 Å². The summed E-state index contributed by atoms with van der Waals surface area (Å²) in [6.45, 7) is 2.08. The highest BCUT2D eigenvalue weighted by Crippen LogP contribution is 2.21. The molecule has 14 heavy (non-hydrogen) atoms. The Balaban J connectivity index is 2.75. The Morgan fingerprint density at radius 3 is 2.93 bits per heavy atom. The average molecular weight is 215 g/mol. The van der Waals surface area contributed by atoms with Crippen LogP contribution in [0, 0.1) is 0 Å². The summed E-state index contributed by atoms with van der Waals surface area (Å²) in [6, 6.07) is 4.47. The Labute approximate surface area is 87.3 Å². The summed E-state index contributed by atoms with van der Waals surface area (Å²) in [5.74, 6) is -0.256. The van der Waals surface area contributed by atoms with Crippen LogP contribution in [0.3, 0.4) is 0 Å². The van der Waals surface area contributed by atoms with Gasteiger partial charge in [0.15, 0.2) is 0 Å². The lowest BCUT2D eigenvalue weighted by atomic mass is 10.1. The molecule has 0 spiro atoms. The van der Waals surface area contributed by atoms with Gasteiger partial charge in [-0.15, -0.1) is 0 Å². The van der Waals surface area contributed by atoms with Crippen LogP contribution < -0.4 is 0 Å². The predicted octanol–water partition coefficient (Wildman–Crippen LogP) is 2.15. The van der Waals surface area contributed by atoms with Crippen LogP contribution in [0.15, 0.2) is 18.2 Å². The molecule has 0 amide bonds. The Bertz CT molecular complexity index is 336. The summed E-state index contributed by atoms with van der Waals surface area (Å²) >= 11 is 5.82. The van der Waals surface area contributed by atoms with E-state index in [9.17, 15) is 4.79 Å². The molecule has 1 N–H and O–H groups in total. The highest BCUT2D eigenvalue weighted by atomic mass is 35.5. The normalized spacial score (nSPS) is 9.86. The van der Waals surface area contributed by atoms with Gasteiger partial charge in [-0.25, -0.2) is 0 Å². The van der Waals surface area contributed by atoms with E-state index in [1.807, 2.05) is 0 Å². The number of rotatable bonds is 3. The van der Waals surface area contributed by atoms with Gasteiger partial charge in [0.1, 0.15) is 5.75 Å². The van der Waals surface area contributed by atoms with Crippen LogP contribution in [-0.4, -0.2) is 17.7 Å². The third kappa shape index (κ3) is 2.92. The van der Waals surface area contributed by atoms with Crippen molar-refractivity contribution < 1.29 is 14.6 Å². The second-order valence-corrected chi connectivity index (χ2v) is 3.16. The predicted molar refractivity (Wildman–Crippen MR) is 53.5 cm³/mol. The van der Waals surface area contributed by atoms with E-state index in [0.717, 1.165) is 0 Å². The second kappa shape index (κ2) is 4.86. The lowest BCUT2D eigenvalue weighted by molar-refractivity contribution is -0.142. The number of hydrogen-bond acceptors (Lipinski definition) is 3. The molecule has 76 valence electrons. The molecule has 0 aliphatic rings.